The van der Waals surface area contributed by atoms with Crippen LogP contribution in [0.5, 0.6) is 0 Å². The van der Waals surface area contributed by atoms with Gasteiger partial charge in [-0.25, -0.2) is 0 Å². The van der Waals surface area contributed by atoms with Crippen molar-refractivity contribution in [2.24, 2.45) is 5.92 Å². The van der Waals surface area contributed by atoms with Crippen LogP contribution in [0.3, 0.4) is 0 Å². The molecular formula is C11H23N. The largest absolute Gasteiger partial charge is 0.303 e. The Morgan fingerprint density at radius 3 is 2.33 bits per heavy atom. The van der Waals surface area contributed by atoms with Crippen LogP contribution in [-0.2, 0) is 0 Å². The van der Waals surface area contributed by atoms with Gasteiger partial charge in [0.1, 0.15) is 0 Å². The monoisotopic (exact) mass is 169 g/mol. The van der Waals surface area contributed by atoms with E-state index in [-0.39, 0.29) is 0 Å². The third kappa shape index (κ3) is 4.10. The Morgan fingerprint density at radius 1 is 1.08 bits per heavy atom. The zero-order chi connectivity index (χ0) is 8.81. The maximum absolute atomic E-state index is 2.61. The summed E-state index contributed by atoms with van der Waals surface area (Å²) in [5, 5.41) is 0. The highest BCUT2D eigenvalue weighted by Gasteiger charge is 2.09. The quantitative estimate of drug-likeness (QED) is 0.572. The first kappa shape index (κ1) is 10.0. The molecule has 0 aromatic heterocycles. The highest BCUT2D eigenvalue weighted by atomic mass is 15.1. The van der Waals surface area contributed by atoms with E-state index in [1.54, 1.807) is 0 Å². The molecule has 0 aliphatic carbocycles. The predicted octanol–water partition coefficient (Wildman–Crippen LogP) is 2.91. The fraction of sp³-hybridized carbons (Fsp3) is 1.00. The van der Waals surface area contributed by atoms with E-state index in [1.807, 2.05) is 0 Å². The second kappa shape index (κ2) is 5.58. The van der Waals surface area contributed by atoms with E-state index in [1.165, 1.54) is 51.7 Å². The van der Waals surface area contributed by atoms with Gasteiger partial charge < -0.3 is 4.90 Å². The van der Waals surface area contributed by atoms with Crippen molar-refractivity contribution in [1.82, 2.24) is 4.90 Å². The van der Waals surface area contributed by atoms with Crippen LogP contribution < -0.4 is 0 Å². The summed E-state index contributed by atoms with van der Waals surface area (Å²) in [4.78, 5) is 2.61. The summed E-state index contributed by atoms with van der Waals surface area (Å²) in [5.41, 5.74) is 0. The van der Waals surface area contributed by atoms with Gasteiger partial charge in [-0.1, -0.05) is 26.7 Å². The van der Waals surface area contributed by atoms with Gasteiger partial charge in [-0.3, -0.25) is 0 Å². The molecule has 0 N–H and O–H groups in total. The fourth-order valence-electron chi connectivity index (χ4n) is 1.89. The SMILES string of the molecule is CC(C)CCCCN1CCCC1. The molecule has 1 aliphatic rings. The molecule has 0 radical (unpaired) electrons. The van der Waals surface area contributed by atoms with Crippen molar-refractivity contribution >= 4 is 0 Å². The Balaban J connectivity index is 1.88. The zero-order valence-corrected chi connectivity index (χ0v) is 8.68. The van der Waals surface area contributed by atoms with Gasteiger partial charge in [0.2, 0.25) is 0 Å². The molecule has 1 aliphatic heterocycles. The van der Waals surface area contributed by atoms with E-state index < -0.39 is 0 Å². The first-order chi connectivity index (χ1) is 5.79. The van der Waals surface area contributed by atoms with Crippen molar-refractivity contribution in [3.8, 4) is 0 Å². The van der Waals surface area contributed by atoms with E-state index in [9.17, 15) is 0 Å². The van der Waals surface area contributed by atoms with Crippen molar-refractivity contribution in [1.29, 1.82) is 0 Å². The molecule has 0 atom stereocenters. The molecule has 0 unspecified atom stereocenters. The smallest absolute Gasteiger partial charge is 0.00183 e. The lowest BCUT2D eigenvalue weighted by atomic mass is 10.1. The molecule has 0 aromatic carbocycles. The molecule has 1 saturated heterocycles. The van der Waals surface area contributed by atoms with Crippen molar-refractivity contribution in [3.63, 3.8) is 0 Å². The van der Waals surface area contributed by atoms with Gasteiger partial charge in [-0.05, 0) is 44.8 Å². The van der Waals surface area contributed by atoms with Crippen molar-refractivity contribution in [2.75, 3.05) is 19.6 Å². The second-order valence-corrected chi connectivity index (χ2v) is 4.44. The van der Waals surface area contributed by atoms with Gasteiger partial charge in [0.05, 0.1) is 0 Å². The lowest BCUT2D eigenvalue weighted by Crippen LogP contribution is -2.20. The van der Waals surface area contributed by atoms with Crippen LogP contribution in [-0.4, -0.2) is 24.5 Å². The van der Waals surface area contributed by atoms with Crippen molar-refractivity contribution in [3.05, 3.63) is 0 Å². The van der Waals surface area contributed by atoms with Gasteiger partial charge in [-0.15, -0.1) is 0 Å². The Morgan fingerprint density at radius 2 is 1.75 bits per heavy atom. The predicted molar refractivity (Wildman–Crippen MR) is 54.4 cm³/mol. The van der Waals surface area contributed by atoms with Crippen LogP contribution in [0.4, 0.5) is 0 Å². The Hall–Kier alpha value is -0.0400. The first-order valence-electron chi connectivity index (χ1n) is 5.51. The Kier molecular flexibility index (Phi) is 4.67. The molecule has 1 fully saturated rings. The number of unbranched alkanes of at least 4 members (excludes halogenated alkanes) is 1. The molecule has 0 spiro atoms. The first-order valence-corrected chi connectivity index (χ1v) is 5.51. The average molecular weight is 169 g/mol. The molecule has 72 valence electrons. The van der Waals surface area contributed by atoms with Crippen LogP contribution in [0.2, 0.25) is 0 Å². The van der Waals surface area contributed by atoms with Crippen molar-refractivity contribution in [2.45, 2.75) is 46.0 Å². The molecule has 1 nitrogen and oxygen atoms in total. The van der Waals surface area contributed by atoms with E-state index in [4.69, 9.17) is 0 Å². The van der Waals surface area contributed by atoms with Gasteiger partial charge in [0.25, 0.3) is 0 Å². The molecule has 0 aromatic rings. The van der Waals surface area contributed by atoms with Gasteiger partial charge in [0.15, 0.2) is 0 Å². The van der Waals surface area contributed by atoms with Crippen LogP contribution in [0.1, 0.15) is 46.0 Å². The second-order valence-electron chi connectivity index (χ2n) is 4.44. The minimum atomic E-state index is 0.892. The summed E-state index contributed by atoms with van der Waals surface area (Å²) in [5.74, 6) is 0.892. The number of rotatable bonds is 5. The molecule has 12 heavy (non-hydrogen) atoms. The Labute approximate surface area is 77.1 Å². The van der Waals surface area contributed by atoms with Gasteiger partial charge in [0, 0.05) is 0 Å². The molecule has 1 heterocycles. The lowest BCUT2D eigenvalue weighted by molar-refractivity contribution is 0.324. The number of hydrogen-bond donors (Lipinski definition) is 0. The maximum Gasteiger partial charge on any atom is -0.00183 e. The number of likely N-dealkylation sites (tertiary alicyclic amines) is 1. The third-order valence-electron chi connectivity index (χ3n) is 2.70. The summed E-state index contributed by atoms with van der Waals surface area (Å²) in [6, 6.07) is 0. The fourth-order valence-corrected chi connectivity index (χ4v) is 1.89. The highest BCUT2D eigenvalue weighted by molar-refractivity contribution is 4.65. The molecule has 0 amide bonds. The number of nitrogens with zero attached hydrogens (tertiary/aromatic N) is 1. The minimum absolute atomic E-state index is 0.892. The standard InChI is InChI=1S/C11H23N/c1-11(2)7-3-4-8-12-9-5-6-10-12/h11H,3-10H2,1-2H3. The molecule has 1 heteroatoms. The molecule has 1 rings (SSSR count). The summed E-state index contributed by atoms with van der Waals surface area (Å²) < 4.78 is 0. The number of hydrogen-bond acceptors (Lipinski definition) is 1. The zero-order valence-electron chi connectivity index (χ0n) is 8.68. The topological polar surface area (TPSA) is 3.24 Å². The summed E-state index contributed by atoms with van der Waals surface area (Å²) in [6.45, 7) is 8.71. The highest BCUT2D eigenvalue weighted by Crippen LogP contribution is 2.11. The third-order valence-corrected chi connectivity index (χ3v) is 2.70. The maximum atomic E-state index is 2.61. The molecular weight excluding hydrogens is 146 g/mol. The van der Waals surface area contributed by atoms with E-state index in [0.717, 1.165) is 5.92 Å². The van der Waals surface area contributed by atoms with Crippen LogP contribution >= 0.6 is 0 Å². The van der Waals surface area contributed by atoms with E-state index in [2.05, 4.69) is 18.7 Å². The van der Waals surface area contributed by atoms with E-state index in [0.29, 0.717) is 0 Å². The summed E-state index contributed by atoms with van der Waals surface area (Å²) >= 11 is 0. The summed E-state index contributed by atoms with van der Waals surface area (Å²) in [7, 11) is 0. The van der Waals surface area contributed by atoms with Gasteiger partial charge >= 0.3 is 0 Å². The molecule has 0 bridgehead atoms. The van der Waals surface area contributed by atoms with Crippen molar-refractivity contribution < 1.29 is 0 Å². The Bertz CT molecular complexity index is 104. The van der Waals surface area contributed by atoms with E-state index >= 15 is 0 Å². The normalized spacial score (nSPS) is 19.2. The molecule has 0 saturated carbocycles. The average Bonchev–Trinajstić information content (AvgIpc) is 2.49. The summed E-state index contributed by atoms with van der Waals surface area (Å²) in [6.07, 6.45) is 7.12. The minimum Gasteiger partial charge on any atom is -0.303 e. The van der Waals surface area contributed by atoms with Crippen LogP contribution in [0, 0.1) is 5.92 Å². The van der Waals surface area contributed by atoms with Crippen LogP contribution in [0.15, 0.2) is 0 Å². The van der Waals surface area contributed by atoms with Gasteiger partial charge in [-0.2, -0.15) is 0 Å². The van der Waals surface area contributed by atoms with Crippen LogP contribution in [0.25, 0.3) is 0 Å². The lowest BCUT2D eigenvalue weighted by Gasteiger charge is -2.14.